The first kappa shape index (κ1) is 19.7. The van der Waals surface area contributed by atoms with E-state index in [4.69, 9.17) is 0 Å². The number of likely N-dealkylation sites (N-methyl/N-ethyl adjacent to an activating group) is 1. The van der Waals surface area contributed by atoms with Crippen LogP contribution in [0.4, 0.5) is 0 Å². The Morgan fingerprint density at radius 1 is 0.923 bits per heavy atom. The molecule has 0 aliphatic carbocycles. The highest BCUT2D eigenvalue weighted by Gasteiger charge is 2.25. The van der Waals surface area contributed by atoms with Crippen molar-refractivity contribution in [3.05, 3.63) is 70.8 Å². The van der Waals surface area contributed by atoms with E-state index in [1.807, 2.05) is 38.1 Å². The molecule has 0 unspecified atom stereocenters. The topological polar surface area (TPSA) is 49.4 Å². The van der Waals surface area contributed by atoms with Gasteiger partial charge in [-0.05, 0) is 38.3 Å². The van der Waals surface area contributed by atoms with Crippen LogP contribution in [0.15, 0.2) is 48.5 Å². The summed E-state index contributed by atoms with van der Waals surface area (Å²) in [7, 11) is 1.60. The minimum atomic E-state index is -0.508. The van der Waals surface area contributed by atoms with Crippen molar-refractivity contribution in [1.29, 1.82) is 0 Å². The van der Waals surface area contributed by atoms with Crippen LogP contribution in [-0.4, -0.2) is 29.8 Å². The molecule has 0 aliphatic rings. The van der Waals surface area contributed by atoms with E-state index in [2.05, 4.69) is 29.6 Å². The zero-order valence-corrected chi connectivity index (χ0v) is 16.1. The van der Waals surface area contributed by atoms with Crippen molar-refractivity contribution in [2.24, 2.45) is 0 Å². The minimum absolute atomic E-state index is 0.0118. The largest absolute Gasteiger partial charge is 0.357 e. The van der Waals surface area contributed by atoms with Crippen LogP contribution >= 0.6 is 0 Å². The second kappa shape index (κ2) is 9.18. The molecule has 0 heterocycles. The molecule has 26 heavy (non-hydrogen) atoms. The predicted octanol–water partition coefficient (Wildman–Crippen LogP) is 3.40. The van der Waals surface area contributed by atoms with Gasteiger partial charge in [-0.3, -0.25) is 9.59 Å². The zero-order valence-electron chi connectivity index (χ0n) is 16.1. The molecular weight excluding hydrogens is 324 g/mol. The summed E-state index contributed by atoms with van der Waals surface area (Å²) in [4.78, 5) is 26.6. The van der Waals surface area contributed by atoms with Gasteiger partial charge in [-0.1, -0.05) is 59.7 Å². The van der Waals surface area contributed by atoms with Crippen molar-refractivity contribution >= 4 is 11.8 Å². The Kier molecular flexibility index (Phi) is 6.96. The van der Waals surface area contributed by atoms with Gasteiger partial charge in [0.2, 0.25) is 11.8 Å². The first-order chi connectivity index (χ1) is 12.4. The summed E-state index contributed by atoms with van der Waals surface area (Å²) < 4.78 is 0. The monoisotopic (exact) mass is 352 g/mol. The van der Waals surface area contributed by atoms with E-state index in [0.717, 1.165) is 11.1 Å². The van der Waals surface area contributed by atoms with E-state index in [1.54, 1.807) is 18.9 Å². The summed E-state index contributed by atoms with van der Waals surface area (Å²) in [5.41, 5.74) is 4.53. The van der Waals surface area contributed by atoms with Gasteiger partial charge >= 0.3 is 0 Å². The van der Waals surface area contributed by atoms with Gasteiger partial charge in [-0.15, -0.1) is 0 Å². The van der Waals surface area contributed by atoms with Gasteiger partial charge in [-0.25, -0.2) is 0 Å². The van der Waals surface area contributed by atoms with Gasteiger partial charge in [0.25, 0.3) is 0 Å². The average molecular weight is 352 g/mol. The summed E-state index contributed by atoms with van der Waals surface area (Å²) in [6.45, 7) is 6.28. The van der Waals surface area contributed by atoms with Gasteiger partial charge in [0, 0.05) is 20.0 Å². The SMILES string of the molecule is CNC(=O)[C@H](C)N(Cc1ccc(C)cc1)C(=O)CCc1ccc(C)cc1. The van der Waals surface area contributed by atoms with Crippen molar-refractivity contribution in [3.8, 4) is 0 Å². The highest BCUT2D eigenvalue weighted by Crippen LogP contribution is 2.14. The fourth-order valence-electron chi connectivity index (χ4n) is 2.83. The van der Waals surface area contributed by atoms with Crippen molar-refractivity contribution < 1.29 is 9.59 Å². The molecule has 0 fully saturated rings. The molecule has 0 aromatic heterocycles. The molecule has 0 saturated carbocycles. The summed E-state index contributed by atoms with van der Waals surface area (Å²) in [6, 6.07) is 15.8. The summed E-state index contributed by atoms with van der Waals surface area (Å²) in [6.07, 6.45) is 1.06. The van der Waals surface area contributed by atoms with Crippen LogP contribution in [0.5, 0.6) is 0 Å². The molecule has 0 aliphatic heterocycles. The Labute approximate surface area is 156 Å². The smallest absolute Gasteiger partial charge is 0.242 e. The Morgan fingerprint density at radius 3 is 1.92 bits per heavy atom. The molecule has 4 heteroatoms. The maximum atomic E-state index is 12.9. The summed E-state index contributed by atoms with van der Waals surface area (Å²) in [5, 5.41) is 2.64. The second-order valence-electron chi connectivity index (χ2n) is 6.78. The molecule has 0 saturated heterocycles. The highest BCUT2D eigenvalue weighted by atomic mass is 16.2. The number of hydrogen-bond acceptors (Lipinski definition) is 2. The van der Waals surface area contributed by atoms with Crippen LogP contribution in [0.1, 0.15) is 35.6 Å². The Bertz CT molecular complexity index is 736. The second-order valence-corrected chi connectivity index (χ2v) is 6.78. The molecule has 0 bridgehead atoms. The van der Waals surface area contributed by atoms with E-state index >= 15 is 0 Å². The minimum Gasteiger partial charge on any atom is -0.357 e. The molecule has 4 nitrogen and oxygen atoms in total. The van der Waals surface area contributed by atoms with Crippen LogP contribution in [0.3, 0.4) is 0 Å². The molecule has 1 atom stereocenters. The van der Waals surface area contributed by atoms with Crippen molar-refractivity contribution in [2.45, 2.75) is 46.2 Å². The molecule has 138 valence electrons. The Morgan fingerprint density at radius 2 is 1.42 bits per heavy atom. The fourth-order valence-corrected chi connectivity index (χ4v) is 2.83. The number of amides is 2. The lowest BCUT2D eigenvalue weighted by molar-refractivity contribution is -0.140. The van der Waals surface area contributed by atoms with Crippen LogP contribution in [0.25, 0.3) is 0 Å². The third kappa shape index (κ3) is 5.45. The van der Waals surface area contributed by atoms with Crippen molar-refractivity contribution in [1.82, 2.24) is 10.2 Å². The van der Waals surface area contributed by atoms with Crippen LogP contribution in [0.2, 0.25) is 0 Å². The van der Waals surface area contributed by atoms with Gasteiger partial charge in [0.15, 0.2) is 0 Å². The lowest BCUT2D eigenvalue weighted by atomic mass is 10.1. The zero-order chi connectivity index (χ0) is 19.1. The molecule has 2 amide bonds. The maximum Gasteiger partial charge on any atom is 0.242 e. The number of hydrogen-bond donors (Lipinski definition) is 1. The molecule has 2 rings (SSSR count). The Hall–Kier alpha value is -2.62. The van der Waals surface area contributed by atoms with E-state index in [1.165, 1.54) is 11.1 Å². The predicted molar refractivity (Wildman–Crippen MR) is 105 cm³/mol. The lowest BCUT2D eigenvalue weighted by Gasteiger charge is -2.28. The first-order valence-corrected chi connectivity index (χ1v) is 9.03. The average Bonchev–Trinajstić information content (AvgIpc) is 2.65. The van der Waals surface area contributed by atoms with Crippen molar-refractivity contribution in [2.75, 3.05) is 7.05 Å². The van der Waals surface area contributed by atoms with E-state index in [9.17, 15) is 9.59 Å². The number of nitrogens with zero attached hydrogens (tertiary/aromatic N) is 1. The van der Waals surface area contributed by atoms with Gasteiger partial charge in [-0.2, -0.15) is 0 Å². The lowest BCUT2D eigenvalue weighted by Crippen LogP contribution is -2.46. The number of aryl methyl sites for hydroxylation is 3. The Balaban J connectivity index is 2.10. The van der Waals surface area contributed by atoms with Crippen LogP contribution < -0.4 is 5.32 Å². The molecule has 0 spiro atoms. The molecule has 0 radical (unpaired) electrons. The standard InChI is InChI=1S/C22H28N2O2/c1-16-5-9-19(10-6-16)13-14-21(25)24(18(3)22(26)23-4)15-20-11-7-17(2)8-12-20/h5-12,18H,13-15H2,1-4H3,(H,23,26)/t18-/m0/s1. The first-order valence-electron chi connectivity index (χ1n) is 9.03. The highest BCUT2D eigenvalue weighted by molar-refractivity contribution is 5.87. The van der Waals surface area contributed by atoms with Crippen LogP contribution in [0, 0.1) is 13.8 Å². The number of rotatable bonds is 7. The number of nitrogens with one attached hydrogen (secondary N) is 1. The molecule has 2 aromatic carbocycles. The van der Waals surface area contributed by atoms with E-state index < -0.39 is 6.04 Å². The number of carbonyl (C=O) groups is 2. The van der Waals surface area contributed by atoms with Crippen LogP contribution in [-0.2, 0) is 22.6 Å². The van der Waals surface area contributed by atoms with E-state index in [-0.39, 0.29) is 11.8 Å². The summed E-state index contributed by atoms with van der Waals surface area (Å²) >= 11 is 0. The van der Waals surface area contributed by atoms with E-state index in [0.29, 0.717) is 19.4 Å². The molecule has 1 N–H and O–H groups in total. The summed E-state index contributed by atoms with van der Waals surface area (Å²) in [5.74, 6) is -0.164. The number of carbonyl (C=O) groups excluding carboxylic acids is 2. The van der Waals surface area contributed by atoms with Crippen molar-refractivity contribution in [3.63, 3.8) is 0 Å². The fraction of sp³-hybridized carbons (Fsp3) is 0.364. The number of benzene rings is 2. The third-order valence-corrected chi connectivity index (χ3v) is 4.64. The maximum absolute atomic E-state index is 12.9. The van der Waals surface area contributed by atoms with Gasteiger partial charge in [0.05, 0.1) is 0 Å². The normalized spacial score (nSPS) is 11.7. The van der Waals surface area contributed by atoms with Gasteiger partial charge < -0.3 is 10.2 Å². The quantitative estimate of drug-likeness (QED) is 0.830. The molecule has 2 aromatic rings. The third-order valence-electron chi connectivity index (χ3n) is 4.64. The molecular formula is C22H28N2O2. The van der Waals surface area contributed by atoms with Gasteiger partial charge in [0.1, 0.15) is 6.04 Å².